The number of benzene rings is 2. The summed E-state index contributed by atoms with van der Waals surface area (Å²) >= 11 is 3.47. The molecule has 0 spiro atoms. The number of carbonyl (C=O) groups excluding carboxylic acids is 1. The Morgan fingerprint density at radius 2 is 1.89 bits per heavy atom. The van der Waals surface area contributed by atoms with Crippen LogP contribution in [-0.2, 0) is 11.8 Å². The molecule has 2 heterocycles. The van der Waals surface area contributed by atoms with Crippen molar-refractivity contribution in [2.45, 2.75) is 18.9 Å². The molecular formula is C20H21BrN6O. The number of amides is 1. The predicted octanol–water partition coefficient (Wildman–Crippen LogP) is 3.42. The number of halogens is 1. The zero-order valence-corrected chi connectivity index (χ0v) is 17.1. The molecule has 4 rings (SSSR count). The van der Waals surface area contributed by atoms with Crippen LogP contribution in [0.2, 0.25) is 0 Å². The van der Waals surface area contributed by atoms with E-state index in [1.807, 2.05) is 48.5 Å². The average molecular weight is 441 g/mol. The standard InChI is InChI=1S/C20H21BrN6O/c1-26-19(23-24-25-26)15-5-4-6-17(13-15)22-20(28)18(27-11-2-3-12-27)14-7-9-16(21)10-8-14/h4-10,13,18H,2-3,11-12H2,1H3,(H,22,28). The second-order valence-electron chi connectivity index (χ2n) is 6.89. The van der Waals surface area contributed by atoms with E-state index in [1.54, 1.807) is 11.7 Å². The second kappa shape index (κ2) is 8.20. The summed E-state index contributed by atoms with van der Waals surface area (Å²) in [6.07, 6.45) is 2.24. The van der Waals surface area contributed by atoms with Crippen molar-refractivity contribution < 1.29 is 4.79 Å². The molecule has 144 valence electrons. The molecule has 7 nitrogen and oxygen atoms in total. The van der Waals surface area contributed by atoms with Crippen molar-refractivity contribution in [1.29, 1.82) is 0 Å². The van der Waals surface area contributed by atoms with Gasteiger partial charge in [-0.1, -0.05) is 40.2 Å². The number of nitrogens with zero attached hydrogens (tertiary/aromatic N) is 5. The van der Waals surface area contributed by atoms with E-state index in [2.05, 4.69) is 41.7 Å². The number of rotatable bonds is 5. The van der Waals surface area contributed by atoms with Crippen LogP contribution in [0.25, 0.3) is 11.4 Å². The minimum Gasteiger partial charge on any atom is -0.324 e. The van der Waals surface area contributed by atoms with Gasteiger partial charge in [0, 0.05) is 22.8 Å². The zero-order valence-electron chi connectivity index (χ0n) is 15.5. The van der Waals surface area contributed by atoms with Gasteiger partial charge in [-0.25, -0.2) is 4.68 Å². The molecule has 0 saturated carbocycles. The molecule has 1 aromatic heterocycles. The van der Waals surface area contributed by atoms with Crippen LogP contribution in [-0.4, -0.2) is 44.1 Å². The summed E-state index contributed by atoms with van der Waals surface area (Å²) in [5.74, 6) is 0.623. The van der Waals surface area contributed by atoms with Crippen LogP contribution in [0.1, 0.15) is 24.4 Å². The van der Waals surface area contributed by atoms with Crippen molar-refractivity contribution in [2.24, 2.45) is 7.05 Å². The van der Waals surface area contributed by atoms with E-state index in [0.717, 1.165) is 47.2 Å². The monoisotopic (exact) mass is 440 g/mol. The van der Waals surface area contributed by atoms with Gasteiger partial charge < -0.3 is 5.32 Å². The molecule has 2 aromatic carbocycles. The number of tetrazole rings is 1. The Hall–Kier alpha value is -2.58. The van der Waals surface area contributed by atoms with E-state index in [1.165, 1.54) is 0 Å². The van der Waals surface area contributed by atoms with Gasteiger partial charge in [-0.3, -0.25) is 9.69 Å². The smallest absolute Gasteiger partial charge is 0.246 e. The molecule has 1 unspecified atom stereocenters. The summed E-state index contributed by atoms with van der Waals surface area (Å²) in [5, 5.41) is 14.7. The molecular weight excluding hydrogens is 420 g/mol. The molecule has 1 amide bonds. The van der Waals surface area contributed by atoms with Crippen molar-refractivity contribution in [2.75, 3.05) is 18.4 Å². The molecule has 1 fully saturated rings. The van der Waals surface area contributed by atoms with E-state index in [4.69, 9.17) is 0 Å². The lowest BCUT2D eigenvalue weighted by Crippen LogP contribution is -2.35. The topological polar surface area (TPSA) is 75.9 Å². The first kappa shape index (κ1) is 18.8. The molecule has 0 radical (unpaired) electrons. The maximum atomic E-state index is 13.2. The van der Waals surface area contributed by atoms with E-state index in [9.17, 15) is 4.79 Å². The number of aryl methyl sites for hydroxylation is 1. The van der Waals surface area contributed by atoms with Crippen LogP contribution in [0.3, 0.4) is 0 Å². The number of anilines is 1. The first-order chi connectivity index (χ1) is 13.6. The summed E-state index contributed by atoms with van der Waals surface area (Å²) in [4.78, 5) is 15.5. The number of hydrogen-bond donors (Lipinski definition) is 1. The Morgan fingerprint density at radius 3 is 2.57 bits per heavy atom. The number of likely N-dealkylation sites (tertiary alicyclic amines) is 1. The van der Waals surface area contributed by atoms with Crippen molar-refractivity contribution >= 4 is 27.5 Å². The number of carbonyl (C=O) groups is 1. The third-order valence-corrected chi connectivity index (χ3v) is 5.48. The molecule has 0 aliphatic carbocycles. The molecule has 1 saturated heterocycles. The number of hydrogen-bond acceptors (Lipinski definition) is 5. The van der Waals surface area contributed by atoms with Crippen LogP contribution in [0.5, 0.6) is 0 Å². The van der Waals surface area contributed by atoms with Crippen molar-refractivity contribution in [3.05, 3.63) is 58.6 Å². The minimum atomic E-state index is -0.309. The number of nitrogens with one attached hydrogen (secondary N) is 1. The van der Waals surface area contributed by atoms with Crippen LogP contribution in [0, 0.1) is 0 Å². The van der Waals surface area contributed by atoms with Gasteiger partial charge in [0.05, 0.1) is 0 Å². The van der Waals surface area contributed by atoms with Crippen LogP contribution in [0.15, 0.2) is 53.0 Å². The van der Waals surface area contributed by atoms with Gasteiger partial charge in [-0.05, 0) is 66.2 Å². The highest BCUT2D eigenvalue weighted by atomic mass is 79.9. The highest BCUT2D eigenvalue weighted by Gasteiger charge is 2.29. The molecule has 0 bridgehead atoms. The van der Waals surface area contributed by atoms with E-state index in [-0.39, 0.29) is 11.9 Å². The fraction of sp³-hybridized carbons (Fsp3) is 0.300. The molecule has 1 aliphatic heterocycles. The predicted molar refractivity (Wildman–Crippen MR) is 111 cm³/mol. The van der Waals surface area contributed by atoms with Gasteiger partial charge in [-0.2, -0.15) is 0 Å². The van der Waals surface area contributed by atoms with E-state index < -0.39 is 0 Å². The van der Waals surface area contributed by atoms with E-state index in [0.29, 0.717) is 5.82 Å². The molecule has 1 atom stereocenters. The Kier molecular flexibility index (Phi) is 5.50. The van der Waals surface area contributed by atoms with Crippen molar-refractivity contribution in [1.82, 2.24) is 25.1 Å². The SMILES string of the molecule is Cn1nnnc1-c1cccc(NC(=O)C(c2ccc(Br)cc2)N2CCCC2)c1. The van der Waals surface area contributed by atoms with Crippen molar-refractivity contribution in [3.8, 4) is 11.4 Å². The average Bonchev–Trinajstić information content (AvgIpc) is 3.36. The van der Waals surface area contributed by atoms with Crippen LogP contribution >= 0.6 is 15.9 Å². The summed E-state index contributed by atoms with van der Waals surface area (Å²) in [6.45, 7) is 1.86. The summed E-state index contributed by atoms with van der Waals surface area (Å²) < 4.78 is 2.61. The molecule has 8 heteroatoms. The maximum absolute atomic E-state index is 13.2. The zero-order chi connectivity index (χ0) is 19.5. The Labute approximate surface area is 171 Å². The van der Waals surface area contributed by atoms with Crippen molar-refractivity contribution in [3.63, 3.8) is 0 Å². The first-order valence-electron chi connectivity index (χ1n) is 9.25. The normalized spacial score (nSPS) is 15.5. The third kappa shape index (κ3) is 3.98. The lowest BCUT2D eigenvalue weighted by molar-refractivity contribution is -0.121. The lowest BCUT2D eigenvalue weighted by atomic mass is 10.0. The Morgan fingerprint density at radius 1 is 1.14 bits per heavy atom. The lowest BCUT2D eigenvalue weighted by Gasteiger charge is -2.27. The van der Waals surface area contributed by atoms with Crippen LogP contribution in [0.4, 0.5) is 5.69 Å². The molecule has 1 N–H and O–H groups in total. The van der Waals surface area contributed by atoms with Crippen LogP contribution < -0.4 is 5.32 Å². The molecule has 3 aromatic rings. The highest BCUT2D eigenvalue weighted by Crippen LogP contribution is 2.28. The third-order valence-electron chi connectivity index (χ3n) is 4.95. The quantitative estimate of drug-likeness (QED) is 0.657. The largest absolute Gasteiger partial charge is 0.324 e. The fourth-order valence-corrected chi connectivity index (χ4v) is 3.86. The maximum Gasteiger partial charge on any atom is 0.246 e. The fourth-order valence-electron chi connectivity index (χ4n) is 3.59. The Balaban J connectivity index is 1.59. The van der Waals surface area contributed by atoms with Gasteiger partial charge in [0.2, 0.25) is 5.91 Å². The molecule has 1 aliphatic rings. The first-order valence-corrected chi connectivity index (χ1v) is 10.0. The van der Waals surface area contributed by atoms with Gasteiger partial charge in [0.25, 0.3) is 0 Å². The summed E-state index contributed by atoms with van der Waals surface area (Å²) in [5.41, 5.74) is 2.58. The molecule has 28 heavy (non-hydrogen) atoms. The highest BCUT2D eigenvalue weighted by molar-refractivity contribution is 9.10. The summed E-state index contributed by atoms with van der Waals surface area (Å²) in [6, 6.07) is 15.3. The van der Waals surface area contributed by atoms with Gasteiger partial charge >= 0.3 is 0 Å². The number of aromatic nitrogens is 4. The van der Waals surface area contributed by atoms with Gasteiger partial charge in [-0.15, -0.1) is 5.10 Å². The van der Waals surface area contributed by atoms with Gasteiger partial charge in [0.1, 0.15) is 6.04 Å². The minimum absolute atomic E-state index is 0.0301. The summed E-state index contributed by atoms with van der Waals surface area (Å²) in [7, 11) is 1.79. The van der Waals surface area contributed by atoms with Gasteiger partial charge in [0.15, 0.2) is 5.82 Å². The van der Waals surface area contributed by atoms with E-state index >= 15 is 0 Å². The Bertz CT molecular complexity index is 965. The second-order valence-corrected chi connectivity index (χ2v) is 7.81.